The van der Waals surface area contributed by atoms with E-state index in [1.165, 1.54) is 19.2 Å². The summed E-state index contributed by atoms with van der Waals surface area (Å²) in [5.74, 6) is -1.46. The lowest BCUT2D eigenvalue weighted by Gasteiger charge is -2.42. The number of rotatable bonds is 8. The number of hydrogen-bond donors (Lipinski definition) is 1. The molecule has 0 radical (unpaired) electrons. The molecule has 0 bridgehead atoms. The lowest BCUT2D eigenvalue weighted by molar-refractivity contribution is -0.284. The summed E-state index contributed by atoms with van der Waals surface area (Å²) in [6.45, 7) is -0.454. The molecular weight excluding hydrogens is 456 g/mol. The van der Waals surface area contributed by atoms with E-state index in [2.05, 4.69) is 0 Å². The van der Waals surface area contributed by atoms with Crippen LogP contribution in [0.15, 0.2) is 60.7 Å². The molecule has 0 unspecified atom stereocenters. The predicted molar refractivity (Wildman–Crippen MR) is 114 cm³/mol. The Hall–Kier alpha value is -2.83. The summed E-state index contributed by atoms with van der Waals surface area (Å²) in [6, 6.07) is 16.1. The maximum Gasteiger partial charge on any atom is 0.338 e. The van der Waals surface area contributed by atoms with Crippen molar-refractivity contribution in [3.8, 4) is 0 Å². The van der Waals surface area contributed by atoms with Gasteiger partial charge in [0.1, 0.15) is 24.9 Å². The van der Waals surface area contributed by atoms with Gasteiger partial charge < -0.3 is 24.1 Å². The summed E-state index contributed by atoms with van der Waals surface area (Å²) < 4.78 is 50.3. The van der Waals surface area contributed by atoms with E-state index in [4.69, 9.17) is 23.1 Å². The molecule has 1 N–H and O–H groups in total. The second-order valence-electron chi connectivity index (χ2n) is 7.23. The Labute approximate surface area is 191 Å². The number of carbonyl (C=O) groups excluding carboxylic acids is 2. The third-order valence-corrected chi connectivity index (χ3v) is 5.38. The zero-order valence-electron chi connectivity index (χ0n) is 17.9. The van der Waals surface area contributed by atoms with Gasteiger partial charge in [-0.05, 0) is 24.3 Å². The van der Waals surface area contributed by atoms with Crippen molar-refractivity contribution >= 4 is 22.1 Å². The van der Waals surface area contributed by atoms with Crippen molar-refractivity contribution in [1.82, 2.24) is 0 Å². The first kappa shape index (κ1) is 24.8. The topological polar surface area (TPSA) is 135 Å². The van der Waals surface area contributed by atoms with Crippen LogP contribution >= 0.6 is 0 Å². The minimum absolute atomic E-state index is 0.207. The van der Waals surface area contributed by atoms with Crippen LogP contribution in [0.1, 0.15) is 20.7 Å². The standard InChI is InChI=1S/C22H24O10S/c1-28-18-17(32-33(2,26)27)16(13-29-20(23)14-9-5-3-6-10-14)30-22(25)19(18)31-21(24)15-11-7-4-8-12-15/h3-12,16-19,22,25H,13H2,1-2H3/t16-,17-,18+,19+,22-/m1/s1. The fourth-order valence-electron chi connectivity index (χ4n) is 3.32. The van der Waals surface area contributed by atoms with Crippen molar-refractivity contribution in [3.63, 3.8) is 0 Å². The monoisotopic (exact) mass is 480 g/mol. The van der Waals surface area contributed by atoms with Crippen molar-refractivity contribution in [2.75, 3.05) is 20.0 Å². The predicted octanol–water partition coefficient (Wildman–Crippen LogP) is 1.15. The van der Waals surface area contributed by atoms with Crippen LogP contribution in [0, 0.1) is 0 Å². The number of carbonyl (C=O) groups is 2. The largest absolute Gasteiger partial charge is 0.459 e. The average Bonchev–Trinajstić information content (AvgIpc) is 2.80. The molecule has 33 heavy (non-hydrogen) atoms. The van der Waals surface area contributed by atoms with E-state index in [-0.39, 0.29) is 11.1 Å². The second-order valence-corrected chi connectivity index (χ2v) is 8.83. The average molecular weight is 480 g/mol. The molecule has 0 aliphatic carbocycles. The van der Waals surface area contributed by atoms with Crippen molar-refractivity contribution in [3.05, 3.63) is 71.8 Å². The Morgan fingerprint density at radius 2 is 1.45 bits per heavy atom. The van der Waals surface area contributed by atoms with Gasteiger partial charge in [-0.3, -0.25) is 4.18 Å². The van der Waals surface area contributed by atoms with E-state index >= 15 is 0 Å². The number of ether oxygens (including phenoxy) is 4. The summed E-state index contributed by atoms with van der Waals surface area (Å²) in [5.41, 5.74) is 0.478. The van der Waals surface area contributed by atoms with Gasteiger partial charge in [0.15, 0.2) is 12.4 Å². The Balaban J connectivity index is 1.79. The van der Waals surface area contributed by atoms with Gasteiger partial charge in [-0.25, -0.2) is 9.59 Å². The summed E-state index contributed by atoms with van der Waals surface area (Å²) >= 11 is 0. The molecule has 3 rings (SSSR count). The second kappa shape index (κ2) is 10.9. The lowest BCUT2D eigenvalue weighted by Crippen LogP contribution is -2.61. The molecule has 1 heterocycles. The van der Waals surface area contributed by atoms with Gasteiger partial charge in [0.05, 0.1) is 17.4 Å². The van der Waals surface area contributed by atoms with Crippen molar-refractivity contribution in [1.29, 1.82) is 0 Å². The zero-order valence-corrected chi connectivity index (χ0v) is 18.7. The lowest BCUT2D eigenvalue weighted by atomic mass is 9.98. The minimum atomic E-state index is -4.03. The van der Waals surface area contributed by atoms with Crippen LogP contribution in [0.25, 0.3) is 0 Å². The number of esters is 2. The van der Waals surface area contributed by atoms with Crippen LogP contribution in [0.2, 0.25) is 0 Å². The van der Waals surface area contributed by atoms with E-state index < -0.39 is 59.4 Å². The van der Waals surface area contributed by atoms with Gasteiger partial charge in [-0.2, -0.15) is 8.42 Å². The van der Waals surface area contributed by atoms with Gasteiger partial charge in [0, 0.05) is 7.11 Å². The molecule has 0 amide bonds. The molecule has 2 aromatic carbocycles. The molecule has 1 aliphatic rings. The molecule has 0 saturated carbocycles. The Kier molecular flexibility index (Phi) is 8.16. The Morgan fingerprint density at radius 3 is 1.97 bits per heavy atom. The number of methoxy groups -OCH3 is 1. The smallest absolute Gasteiger partial charge is 0.338 e. The first-order chi connectivity index (χ1) is 15.7. The Bertz CT molecular complexity index is 1040. The van der Waals surface area contributed by atoms with E-state index in [9.17, 15) is 23.1 Å². The van der Waals surface area contributed by atoms with Crippen LogP contribution in [-0.2, 0) is 33.2 Å². The number of aliphatic hydroxyl groups is 1. The van der Waals surface area contributed by atoms with Gasteiger partial charge in [0.2, 0.25) is 0 Å². The molecular formula is C22H24O10S. The van der Waals surface area contributed by atoms with Crippen LogP contribution in [0.3, 0.4) is 0 Å². The van der Waals surface area contributed by atoms with E-state index in [1.807, 2.05) is 0 Å². The minimum Gasteiger partial charge on any atom is -0.459 e. The van der Waals surface area contributed by atoms with Crippen molar-refractivity contribution in [2.45, 2.75) is 30.7 Å². The summed E-state index contributed by atoms with van der Waals surface area (Å²) in [5, 5.41) is 10.5. The maximum atomic E-state index is 12.5. The molecule has 1 fully saturated rings. The van der Waals surface area contributed by atoms with Crippen LogP contribution < -0.4 is 0 Å². The molecule has 11 heteroatoms. The third kappa shape index (κ3) is 6.59. The normalized spacial score (nSPS) is 25.2. The molecule has 10 nitrogen and oxygen atoms in total. The van der Waals surface area contributed by atoms with Gasteiger partial charge in [-0.15, -0.1) is 0 Å². The number of hydrogen-bond acceptors (Lipinski definition) is 10. The van der Waals surface area contributed by atoms with Gasteiger partial charge >= 0.3 is 11.9 Å². The van der Waals surface area contributed by atoms with E-state index in [0.717, 1.165) is 6.26 Å². The molecule has 0 spiro atoms. The van der Waals surface area contributed by atoms with Crippen LogP contribution in [0.5, 0.6) is 0 Å². The SMILES string of the molecule is CO[C@@H]1[C@H](OC(=O)c2ccccc2)[C@H](O)O[C@H](COC(=O)c2ccccc2)[C@H]1OS(C)(=O)=O. The quantitative estimate of drug-likeness (QED) is 0.433. The van der Waals surface area contributed by atoms with E-state index in [1.54, 1.807) is 48.5 Å². The first-order valence-corrected chi connectivity index (χ1v) is 11.7. The molecule has 1 aliphatic heterocycles. The molecule has 2 aromatic rings. The van der Waals surface area contributed by atoms with Gasteiger partial charge in [-0.1, -0.05) is 36.4 Å². The Morgan fingerprint density at radius 1 is 0.909 bits per heavy atom. The van der Waals surface area contributed by atoms with Crippen LogP contribution in [0.4, 0.5) is 0 Å². The fraction of sp³-hybridized carbons (Fsp3) is 0.364. The van der Waals surface area contributed by atoms with Crippen LogP contribution in [-0.4, -0.2) is 76.1 Å². The summed E-state index contributed by atoms with van der Waals surface area (Å²) in [7, 11) is -2.80. The number of aliphatic hydroxyl groups excluding tert-OH is 1. The maximum absolute atomic E-state index is 12.5. The summed E-state index contributed by atoms with van der Waals surface area (Å²) in [6.07, 6.45) is -6.18. The number of benzene rings is 2. The molecule has 0 aromatic heterocycles. The highest BCUT2D eigenvalue weighted by atomic mass is 32.2. The van der Waals surface area contributed by atoms with Gasteiger partial charge in [0.25, 0.3) is 10.1 Å². The highest BCUT2D eigenvalue weighted by molar-refractivity contribution is 7.86. The highest BCUT2D eigenvalue weighted by Gasteiger charge is 2.50. The molecule has 178 valence electrons. The van der Waals surface area contributed by atoms with E-state index in [0.29, 0.717) is 0 Å². The molecule has 5 atom stereocenters. The molecule has 1 saturated heterocycles. The zero-order chi connectivity index (χ0) is 24.0. The van der Waals surface area contributed by atoms with Crippen molar-refractivity contribution < 1.29 is 46.2 Å². The summed E-state index contributed by atoms with van der Waals surface area (Å²) in [4.78, 5) is 24.8. The first-order valence-electron chi connectivity index (χ1n) is 9.92. The highest BCUT2D eigenvalue weighted by Crippen LogP contribution is 2.29. The third-order valence-electron chi connectivity index (χ3n) is 4.81. The fourth-order valence-corrected chi connectivity index (χ4v) is 3.96. The van der Waals surface area contributed by atoms with Crippen molar-refractivity contribution in [2.24, 2.45) is 0 Å².